The standard InChI is InChI=1S/C11H19N5/c1-15-7-11(13-14-15)8-16-5-9-2-10(6-16)4-12-3-9/h7,9-10,12H,2-6,8H2,1H3. The third-order valence-electron chi connectivity index (χ3n) is 3.60. The molecule has 2 bridgehead atoms. The Kier molecular flexibility index (Phi) is 2.65. The van der Waals surface area contributed by atoms with Crippen LogP contribution in [0.4, 0.5) is 0 Å². The van der Waals surface area contributed by atoms with Gasteiger partial charge in [0.05, 0.1) is 5.69 Å². The summed E-state index contributed by atoms with van der Waals surface area (Å²) >= 11 is 0. The molecule has 2 unspecified atom stereocenters. The van der Waals surface area contributed by atoms with Crippen LogP contribution in [0.1, 0.15) is 12.1 Å². The predicted octanol–water partition coefficient (Wildman–Crippen LogP) is -0.144. The van der Waals surface area contributed by atoms with Crippen LogP contribution >= 0.6 is 0 Å². The minimum absolute atomic E-state index is 0.837. The first kappa shape index (κ1) is 10.2. The number of rotatable bonds is 2. The van der Waals surface area contributed by atoms with Crippen molar-refractivity contribution in [1.29, 1.82) is 0 Å². The van der Waals surface area contributed by atoms with Crippen molar-refractivity contribution in [1.82, 2.24) is 25.2 Å². The SMILES string of the molecule is Cn1cc(CN2CC3CNCC(C3)C2)nn1. The van der Waals surface area contributed by atoms with Crippen molar-refractivity contribution in [3.63, 3.8) is 0 Å². The molecule has 5 heteroatoms. The number of aryl methyl sites for hydroxylation is 1. The molecule has 2 saturated heterocycles. The Morgan fingerprint density at radius 1 is 1.38 bits per heavy atom. The van der Waals surface area contributed by atoms with Gasteiger partial charge < -0.3 is 5.32 Å². The number of likely N-dealkylation sites (tertiary alicyclic amines) is 1. The first-order valence-electron chi connectivity index (χ1n) is 6.08. The van der Waals surface area contributed by atoms with Crippen LogP contribution < -0.4 is 5.32 Å². The van der Waals surface area contributed by atoms with E-state index in [-0.39, 0.29) is 0 Å². The zero-order chi connectivity index (χ0) is 11.0. The number of fused-ring (bicyclic) bond motifs is 2. The lowest BCUT2D eigenvalue weighted by atomic mass is 9.86. The summed E-state index contributed by atoms with van der Waals surface area (Å²) in [5, 5.41) is 11.7. The average Bonchev–Trinajstić information content (AvgIpc) is 2.63. The number of nitrogens with one attached hydrogen (secondary N) is 1. The summed E-state index contributed by atoms with van der Waals surface area (Å²) in [5.41, 5.74) is 1.09. The largest absolute Gasteiger partial charge is 0.316 e. The molecule has 0 saturated carbocycles. The highest BCUT2D eigenvalue weighted by atomic mass is 15.4. The van der Waals surface area contributed by atoms with Gasteiger partial charge in [-0.15, -0.1) is 5.10 Å². The lowest BCUT2D eigenvalue weighted by Gasteiger charge is -2.41. The van der Waals surface area contributed by atoms with Crippen LogP contribution in [-0.2, 0) is 13.6 Å². The highest BCUT2D eigenvalue weighted by Gasteiger charge is 2.30. The first-order chi connectivity index (χ1) is 7.79. The van der Waals surface area contributed by atoms with E-state index in [0.717, 1.165) is 24.1 Å². The van der Waals surface area contributed by atoms with Gasteiger partial charge in [-0.2, -0.15) is 0 Å². The normalized spacial score (nSPS) is 30.6. The summed E-state index contributed by atoms with van der Waals surface area (Å²) < 4.78 is 1.78. The fourth-order valence-corrected chi connectivity index (χ4v) is 3.04. The van der Waals surface area contributed by atoms with Crippen LogP contribution in [0.15, 0.2) is 6.20 Å². The topological polar surface area (TPSA) is 46.0 Å². The summed E-state index contributed by atoms with van der Waals surface area (Å²) in [4.78, 5) is 2.53. The molecule has 0 spiro atoms. The molecule has 16 heavy (non-hydrogen) atoms. The van der Waals surface area contributed by atoms with Gasteiger partial charge in [-0.3, -0.25) is 9.58 Å². The van der Waals surface area contributed by atoms with Gasteiger partial charge in [0.2, 0.25) is 0 Å². The smallest absolute Gasteiger partial charge is 0.0967 e. The third kappa shape index (κ3) is 2.10. The Morgan fingerprint density at radius 2 is 2.12 bits per heavy atom. The Balaban J connectivity index is 1.63. The Hall–Kier alpha value is -0.940. The van der Waals surface area contributed by atoms with Crippen molar-refractivity contribution in [3.05, 3.63) is 11.9 Å². The summed E-state index contributed by atoms with van der Waals surface area (Å²) in [7, 11) is 1.92. The fourth-order valence-electron chi connectivity index (χ4n) is 3.04. The molecule has 3 rings (SSSR count). The summed E-state index contributed by atoms with van der Waals surface area (Å²) in [6, 6.07) is 0. The number of nitrogens with zero attached hydrogens (tertiary/aromatic N) is 4. The van der Waals surface area contributed by atoms with E-state index >= 15 is 0 Å². The monoisotopic (exact) mass is 221 g/mol. The van der Waals surface area contributed by atoms with E-state index in [2.05, 4.69) is 20.5 Å². The second-order valence-corrected chi connectivity index (χ2v) is 5.20. The molecule has 1 N–H and O–H groups in total. The van der Waals surface area contributed by atoms with E-state index in [4.69, 9.17) is 0 Å². The summed E-state index contributed by atoms with van der Waals surface area (Å²) in [6.45, 7) is 5.75. The lowest BCUT2D eigenvalue weighted by Crippen LogP contribution is -2.50. The Labute approximate surface area is 95.8 Å². The number of hydrogen-bond acceptors (Lipinski definition) is 4. The van der Waals surface area contributed by atoms with Crippen LogP contribution in [0.25, 0.3) is 0 Å². The van der Waals surface area contributed by atoms with Crippen molar-refractivity contribution in [2.75, 3.05) is 26.2 Å². The third-order valence-corrected chi connectivity index (χ3v) is 3.60. The molecule has 2 aliphatic rings. The van der Waals surface area contributed by atoms with Gasteiger partial charge in [-0.25, -0.2) is 0 Å². The van der Waals surface area contributed by atoms with Crippen molar-refractivity contribution >= 4 is 0 Å². The molecule has 2 fully saturated rings. The van der Waals surface area contributed by atoms with E-state index in [9.17, 15) is 0 Å². The van der Waals surface area contributed by atoms with Crippen molar-refractivity contribution in [2.24, 2.45) is 18.9 Å². The molecular weight excluding hydrogens is 202 g/mol. The van der Waals surface area contributed by atoms with E-state index in [1.165, 1.54) is 32.6 Å². The molecule has 0 aromatic carbocycles. The van der Waals surface area contributed by atoms with E-state index in [0.29, 0.717) is 0 Å². The molecule has 0 radical (unpaired) electrons. The van der Waals surface area contributed by atoms with Crippen molar-refractivity contribution < 1.29 is 0 Å². The van der Waals surface area contributed by atoms with Gasteiger partial charge in [0, 0.05) is 32.9 Å². The van der Waals surface area contributed by atoms with Gasteiger partial charge in [0.1, 0.15) is 0 Å². The molecule has 0 aliphatic carbocycles. The zero-order valence-electron chi connectivity index (χ0n) is 9.76. The highest BCUT2D eigenvalue weighted by Crippen LogP contribution is 2.25. The van der Waals surface area contributed by atoms with E-state index in [1.54, 1.807) is 4.68 Å². The van der Waals surface area contributed by atoms with Gasteiger partial charge in [-0.05, 0) is 31.3 Å². The number of hydrogen-bond donors (Lipinski definition) is 1. The highest BCUT2D eigenvalue weighted by molar-refractivity contribution is 4.94. The van der Waals surface area contributed by atoms with Crippen LogP contribution in [0.3, 0.4) is 0 Å². The Bertz CT molecular complexity index is 349. The van der Waals surface area contributed by atoms with Crippen LogP contribution in [0.5, 0.6) is 0 Å². The Morgan fingerprint density at radius 3 is 2.75 bits per heavy atom. The average molecular weight is 221 g/mol. The van der Waals surface area contributed by atoms with Crippen LogP contribution in [0, 0.1) is 11.8 Å². The molecule has 88 valence electrons. The predicted molar refractivity (Wildman–Crippen MR) is 60.7 cm³/mol. The number of aromatic nitrogens is 3. The number of piperidine rings is 2. The maximum atomic E-state index is 4.16. The fraction of sp³-hybridized carbons (Fsp3) is 0.818. The van der Waals surface area contributed by atoms with Crippen LogP contribution in [0.2, 0.25) is 0 Å². The summed E-state index contributed by atoms with van der Waals surface area (Å²) in [6.07, 6.45) is 3.42. The molecule has 1 aromatic rings. The minimum atomic E-state index is 0.837. The lowest BCUT2D eigenvalue weighted by molar-refractivity contribution is 0.0907. The zero-order valence-corrected chi connectivity index (χ0v) is 9.76. The molecule has 3 heterocycles. The van der Waals surface area contributed by atoms with Crippen LogP contribution in [-0.4, -0.2) is 46.1 Å². The van der Waals surface area contributed by atoms with E-state index < -0.39 is 0 Å². The minimum Gasteiger partial charge on any atom is -0.316 e. The van der Waals surface area contributed by atoms with Crippen molar-refractivity contribution in [2.45, 2.75) is 13.0 Å². The first-order valence-corrected chi connectivity index (χ1v) is 6.08. The second kappa shape index (κ2) is 4.14. The van der Waals surface area contributed by atoms with Gasteiger partial charge in [-0.1, -0.05) is 5.21 Å². The molecule has 2 aliphatic heterocycles. The maximum Gasteiger partial charge on any atom is 0.0967 e. The second-order valence-electron chi connectivity index (χ2n) is 5.20. The van der Waals surface area contributed by atoms with Gasteiger partial charge >= 0.3 is 0 Å². The molecule has 1 aromatic heterocycles. The molecule has 2 atom stereocenters. The van der Waals surface area contributed by atoms with Crippen molar-refractivity contribution in [3.8, 4) is 0 Å². The summed E-state index contributed by atoms with van der Waals surface area (Å²) in [5.74, 6) is 1.67. The van der Waals surface area contributed by atoms with Gasteiger partial charge in [0.25, 0.3) is 0 Å². The van der Waals surface area contributed by atoms with Gasteiger partial charge in [0.15, 0.2) is 0 Å². The maximum absolute atomic E-state index is 4.16. The molecule has 5 nitrogen and oxygen atoms in total. The molecular formula is C11H19N5. The quantitative estimate of drug-likeness (QED) is 0.755. The van der Waals surface area contributed by atoms with E-state index in [1.807, 2.05) is 13.2 Å². The molecule has 0 amide bonds.